The third-order valence-electron chi connectivity index (χ3n) is 2.58. The molecule has 0 unspecified atom stereocenters. The molecule has 5 nitrogen and oxygen atoms in total. The number of rotatable bonds is 4. The molecule has 0 aliphatic carbocycles. The molecule has 1 heterocycles. The van der Waals surface area contributed by atoms with Gasteiger partial charge in [0.25, 0.3) is 11.7 Å². The molecule has 1 aromatic rings. The first kappa shape index (κ1) is 12.9. The van der Waals surface area contributed by atoms with Crippen molar-refractivity contribution in [3.05, 3.63) is 28.2 Å². The molecule has 0 aromatic heterocycles. The fraction of sp³-hybridized carbons (Fsp3) is 0.250. The number of ether oxygens (including phenoxy) is 1. The van der Waals surface area contributed by atoms with Crippen molar-refractivity contribution in [2.24, 2.45) is 0 Å². The van der Waals surface area contributed by atoms with E-state index in [0.29, 0.717) is 15.7 Å². The van der Waals surface area contributed by atoms with Crippen molar-refractivity contribution < 1.29 is 19.1 Å². The molecule has 0 bridgehead atoms. The van der Waals surface area contributed by atoms with Crippen LogP contribution in [-0.2, 0) is 14.3 Å². The summed E-state index contributed by atoms with van der Waals surface area (Å²) in [7, 11) is 1.40. The molecule has 1 aliphatic heterocycles. The summed E-state index contributed by atoms with van der Waals surface area (Å²) in [5.41, 5.74) is 0.775. The third kappa shape index (κ3) is 2.09. The largest absolute Gasteiger partial charge is 0.377 e. The summed E-state index contributed by atoms with van der Waals surface area (Å²) in [5, 5.41) is 0. The molecule has 0 saturated heterocycles. The third-order valence-corrected chi connectivity index (χ3v) is 3.22. The number of carbonyl (C=O) groups is 3. The van der Waals surface area contributed by atoms with E-state index >= 15 is 0 Å². The number of amides is 1. The van der Waals surface area contributed by atoms with Gasteiger partial charge in [0.1, 0.15) is 6.61 Å². The first-order chi connectivity index (χ1) is 8.56. The number of fused-ring (bicyclic) bond motifs is 1. The van der Waals surface area contributed by atoms with E-state index in [4.69, 9.17) is 4.74 Å². The molecule has 0 atom stereocenters. The number of methoxy groups -OCH3 is 1. The maximum Gasteiger partial charge on any atom is 0.299 e. The minimum Gasteiger partial charge on any atom is -0.377 e. The zero-order valence-corrected chi connectivity index (χ0v) is 11.2. The van der Waals surface area contributed by atoms with Crippen molar-refractivity contribution in [2.75, 3.05) is 25.2 Å². The van der Waals surface area contributed by atoms with Gasteiger partial charge in [0.05, 0.1) is 17.8 Å². The fourth-order valence-electron chi connectivity index (χ4n) is 1.85. The fourth-order valence-corrected chi connectivity index (χ4v) is 2.43. The highest BCUT2D eigenvalue weighted by atomic mass is 79.9. The van der Waals surface area contributed by atoms with Crippen molar-refractivity contribution in [2.45, 2.75) is 0 Å². The van der Waals surface area contributed by atoms with Crippen molar-refractivity contribution in [3.8, 4) is 0 Å². The summed E-state index contributed by atoms with van der Waals surface area (Å²) < 4.78 is 5.33. The Morgan fingerprint density at radius 1 is 1.39 bits per heavy atom. The van der Waals surface area contributed by atoms with Crippen LogP contribution in [-0.4, -0.2) is 37.7 Å². The molecular weight excluding hydrogens is 302 g/mol. The van der Waals surface area contributed by atoms with Gasteiger partial charge in [-0.2, -0.15) is 0 Å². The van der Waals surface area contributed by atoms with E-state index in [1.807, 2.05) is 0 Å². The Morgan fingerprint density at radius 2 is 2.11 bits per heavy atom. The molecule has 2 rings (SSSR count). The second-order valence-corrected chi connectivity index (χ2v) is 4.68. The molecule has 94 valence electrons. The number of para-hydroxylation sites is 1. The van der Waals surface area contributed by atoms with Gasteiger partial charge >= 0.3 is 0 Å². The van der Waals surface area contributed by atoms with Crippen LogP contribution in [0.1, 0.15) is 10.4 Å². The van der Waals surface area contributed by atoms with Gasteiger partial charge in [0.2, 0.25) is 0 Å². The summed E-state index contributed by atoms with van der Waals surface area (Å²) in [5.74, 6) is -1.53. The van der Waals surface area contributed by atoms with Gasteiger partial charge in [-0.1, -0.05) is 6.07 Å². The monoisotopic (exact) mass is 311 g/mol. The molecule has 0 spiro atoms. The molecular formula is C12H10BrNO4. The Labute approximate surface area is 112 Å². The van der Waals surface area contributed by atoms with Gasteiger partial charge in [0, 0.05) is 11.6 Å². The first-order valence-electron chi connectivity index (χ1n) is 5.21. The Balaban J connectivity index is 2.36. The summed E-state index contributed by atoms with van der Waals surface area (Å²) >= 11 is 3.28. The predicted octanol–water partition coefficient (Wildman–Crippen LogP) is 1.19. The smallest absolute Gasteiger partial charge is 0.299 e. The molecule has 0 fully saturated rings. The second-order valence-electron chi connectivity index (χ2n) is 3.83. The highest BCUT2D eigenvalue weighted by Crippen LogP contribution is 2.35. The van der Waals surface area contributed by atoms with Crippen molar-refractivity contribution in [1.82, 2.24) is 0 Å². The Hall–Kier alpha value is -1.53. The van der Waals surface area contributed by atoms with E-state index < -0.39 is 11.7 Å². The van der Waals surface area contributed by atoms with Crippen LogP contribution in [0, 0.1) is 0 Å². The summed E-state index contributed by atoms with van der Waals surface area (Å²) in [6, 6.07) is 4.97. The zero-order valence-electron chi connectivity index (χ0n) is 9.60. The number of benzene rings is 1. The molecule has 0 N–H and O–H groups in total. The summed E-state index contributed by atoms with van der Waals surface area (Å²) in [6.45, 7) is -0.244. The highest BCUT2D eigenvalue weighted by Gasteiger charge is 2.37. The molecule has 6 heteroatoms. The SMILES string of the molecule is COCC(=O)CN1C(=O)C(=O)c2cccc(Br)c21. The second kappa shape index (κ2) is 4.99. The lowest BCUT2D eigenvalue weighted by Crippen LogP contribution is -2.36. The van der Waals surface area contributed by atoms with E-state index in [2.05, 4.69) is 15.9 Å². The molecule has 1 aromatic carbocycles. The molecule has 0 saturated carbocycles. The van der Waals surface area contributed by atoms with Crippen LogP contribution in [0.15, 0.2) is 22.7 Å². The van der Waals surface area contributed by atoms with E-state index in [9.17, 15) is 14.4 Å². The number of ketones is 2. The maximum absolute atomic E-state index is 11.8. The minimum absolute atomic E-state index is 0.0856. The van der Waals surface area contributed by atoms with Gasteiger partial charge in [-0.3, -0.25) is 19.3 Å². The predicted molar refractivity (Wildman–Crippen MR) is 67.7 cm³/mol. The van der Waals surface area contributed by atoms with Gasteiger partial charge in [-0.15, -0.1) is 0 Å². The number of hydrogen-bond acceptors (Lipinski definition) is 4. The number of nitrogens with zero attached hydrogens (tertiary/aromatic N) is 1. The van der Waals surface area contributed by atoms with Crippen LogP contribution in [0.2, 0.25) is 0 Å². The highest BCUT2D eigenvalue weighted by molar-refractivity contribution is 9.10. The van der Waals surface area contributed by atoms with Crippen LogP contribution in [0.5, 0.6) is 0 Å². The Kier molecular flexibility index (Phi) is 3.58. The van der Waals surface area contributed by atoms with Gasteiger partial charge in [0.15, 0.2) is 5.78 Å². The van der Waals surface area contributed by atoms with E-state index in [1.54, 1.807) is 18.2 Å². The molecule has 0 radical (unpaired) electrons. The van der Waals surface area contributed by atoms with Crippen molar-refractivity contribution in [3.63, 3.8) is 0 Å². The first-order valence-corrected chi connectivity index (χ1v) is 6.01. The number of Topliss-reactive ketones (excluding diaryl/α,β-unsaturated/α-hetero) is 2. The van der Waals surface area contributed by atoms with E-state index in [0.717, 1.165) is 0 Å². The summed E-state index contributed by atoms with van der Waals surface area (Å²) in [6.07, 6.45) is 0. The normalized spacial score (nSPS) is 14.0. The molecule has 1 aliphatic rings. The van der Waals surface area contributed by atoms with Crippen LogP contribution < -0.4 is 4.90 Å². The lowest BCUT2D eigenvalue weighted by Gasteiger charge is -2.16. The van der Waals surface area contributed by atoms with Crippen LogP contribution in [0.25, 0.3) is 0 Å². The van der Waals surface area contributed by atoms with Crippen LogP contribution in [0.3, 0.4) is 0 Å². The summed E-state index contributed by atoms with van der Waals surface area (Å²) in [4.78, 5) is 36.3. The Bertz CT molecular complexity index is 541. The number of halogens is 1. The topological polar surface area (TPSA) is 63.7 Å². The lowest BCUT2D eigenvalue weighted by molar-refractivity contribution is -0.123. The number of carbonyl (C=O) groups excluding carboxylic acids is 3. The molecule has 1 amide bonds. The maximum atomic E-state index is 11.8. The van der Waals surface area contributed by atoms with Gasteiger partial charge in [-0.25, -0.2) is 0 Å². The number of anilines is 1. The van der Waals surface area contributed by atoms with E-state index in [-0.39, 0.29) is 18.9 Å². The van der Waals surface area contributed by atoms with Crippen LogP contribution in [0.4, 0.5) is 5.69 Å². The minimum atomic E-state index is -0.679. The standard InChI is InChI=1S/C12H10BrNO4/c1-18-6-7(15)5-14-10-8(11(16)12(14)17)3-2-4-9(10)13/h2-4H,5-6H2,1H3. The van der Waals surface area contributed by atoms with Crippen LogP contribution >= 0.6 is 15.9 Å². The van der Waals surface area contributed by atoms with E-state index in [1.165, 1.54) is 12.0 Å². The Morgan fingerprint density at radius 3 is 2.78 bits per heavy atom. The van der Waals surface area contributed by atoms with Crippen molar-refractivity contribution >= 4 is 39.1 Å². The van der Waals surface area contributed by atoms with Crippen molar-refractivity contribution in [1.29, 1.82) is 0 Å². The quantitative estimate of drug-likeness (QED) is 0.784. The van der Waals surface area contributed by atoms with Gasteiger partial charge < -0.3 is 4.74 Å². The average Bonchev–Trinajstić information content (AvgIpc) is 2.56. The lowest BCUT2D eigenvalue weighted by atomic mass is 10.1. The zero-order chi connectivity index (χ0) is 13.3. The average molecular weight is 312 g/mol. The van der Waals surface area contributed by atoms with Gasteiger partial charge in [-0.05, 0) is 28.1 Å². The molecule has 18 heavy (non-hydrogen) atoms. The number of hydrogen-bond donors (Lipinski definition) is 0.